The lowest BCUT2D eigenvalue weighted by Gasteiger charge is -2.09. The molecule has 2 aromatic carbocycles. The summed E-state index contributed by atoms with van der Waals surface area (Å²) in [5, 5.41) is 14.0. The van der Waals surface area contributed by atoms with Crippen molar-refractivity contribution in [2.45, 2.75) is 0 Å². The van der Waals surface area contributed by atoms with Crippen LogP contribution in [-0.2, 0) is 0 Å². The monoisotopic (exact) mass is 349 g/mol. The predicted molar refractivity (Wildman–Crippen MR) is 94.8 cm³/mol. The van der Waals surface area contributed by atoms with Gasteiger partial charge in [0.25, 0.3) is 5.69 Å². The highest BCUT2D eigenvalue weighted by Gasteiger charge is 2.15. The van der Waals surface area contributed by atoms with Gasteiger partial charge >= 0.3 is 0 Å². The molecule has 0 atom stereocenters. The van der Waals surface area contributed by atoms with Crippen LogP contribution in [0.4, 0.5) is 21.6 Å². The summed E-state index contributed by atoms with van der Waals surface area (Å²) in [7, 11) is 0. The van der Waals surface area contributed by atoms with Crippen molar-refractivity contribution in [1.29, 1.82) is 0 Å². The largest absolute Gasteiger partial charge is 0.339 e. The number of hydrogen-bond acceptors (Lipinski definition) is 5. The van der Waals surface area contributed by atoms with Crippen molar-refractivity contribution in [3.05, 3.63) is 83.1 Å². The Hall–Kier alpha value is -3.81. The number of fused-ring (bicyclic) bond motifs is 1. The minimum atomic E-state index is -0.451. The maximum absolute atomic E-state index is 13.3. The minimum Gasteiger partial charge on any atom is -0.339 e. The molecular weight excluding hydrogens is 337 g/mol. The number of benzene rings is 2. The summed E-state index contributed by atoms with van der Waals surface area (Å²) in [6.07, 6.45) is 5.00. The zero-order chi connectivity index (χ0) is 18.1. The molecule has 0 aliphatic heterocycles. The Morgan fingerprint density at radius 3 is 2.50 bits per heavy atom. The van der Waals surface area contributed by atoms with E-state index in [0.717, 1.165) is 5.56 Å². The standard InChI is InChI=1S/C18H12FN5O2/c19-13-3-1-12(2-4-13)17-18(23-10-9-20-11-16(23)22-17)21-14-5-7-15(8-6-14)24(25)26/h1-11,21H. The van der Waals surface area contributed by atoms with E-state index in [1.807, 2.05) is 4.40 Å². The van der Waals surface area contributed by atoms with Gasteiger partial charge in [-0.15, -0.1) is 0 Å². The summed E-state index contributed by atoms with van der Waals surface area (Å²) in [6.45, 7) is 0. The summed E-state index contributed by atoms with van der Waals surface area (Å²) in [6, 6.07) is 12.1. The molecule has 0 amide bonds. The normalized spacial score (nSPS) is 10.8. The second-order valence-corrected chi connectivity index (χ2v) is 5.55. The molecule has 0 spiro atoms. The second kappa shape index (κ2) is 6.25. The van der Waals surface area contributed by atoms with Crippen molar-refractivity contribution in [1.82, 2.24) is 14.4 Å². The number of nitro benzene ring substituents is 1. The molecule has 4 aromatic rings. The highest BCUT2D eigenvalue weighted by atomic mass is 19.1. The number of rotatable bonds is 4. The predicted octanol–water partition coefficient (Wildman–Crippen LogP) is 4.19. The van der Waals surface area contributed by atoms with Crippen LogP contribution < -0.4 is 5.32 Å². The van der Waals surface area contributed by atoms with Gasteiger partial charge in [-0.1, -0.05) is 0 Å². The highest BCUT2D eigenvalue weighted by molar-refractivity contribution is 5.79. The number of imidazole rings is 1. The maximum Gasteiger partial charge on any atom is 0.269 e. The average molecular weight is 349 g/mol. The number of hydrogen-bond donors (Lipinski definition) is 1. The first kappa shape index (κ1) is 15.7. The summed E-state index contributed by atoms with van der Waals surface area (Å²) >= 11 is 0. The van der Waals surface area contributed by atoms with E-state index < -0.39 is 4.92 Å². The van der Waals surface area contributed by atoms with E-state index in [4.69, 9.17) is 0 Å². The molecule has 0 bridgehead atoms. The van der Waals surface area contributed by atoms with Crippen LogP contribution in [0.3, 0.4) is 0 Å². The third-order valence-corrected chi connectivity index (χ3v) is 3.89. The molecule has 8 heteroatoms. The molecule has 7 nitrogen and oxygen atoms in total. The van der Waals surface area contributed by atoms with E-state index in [2.05, 4.69) is 15.3 Å². The van der Waals surface area contributed by atoms with Gasteiger partial charge in [-0.3, -0.25) is 19.5 Å². The molecular formula is C18H12FN5O2. The molecule has 0 unspecified atom stereocenters. The minimum absolute atomic E-state index is 0.0108. The topological polar surface area (TPSA) is 85.4 Å². The Morgan fingerprint density at radius 1 is 1.08 bits per heavy atom. The molecule has 0 saturated carbocycles. The molecule has 2 aromatic heterocycles. The van der Waals surface area contributed by atoms with Gasteiger partial charge in [-0.25, -0.2) is 9.37 Å². The number of aromatic nitrogens is 3. The number of nitro groups is 1. The molecule has 0 saturated heterocycles. The Kier molecular flexibility index (Phi) is 3.77. The van der Waals surface area contributed by atoms with E-state index in [9.17, 15) is 14.5 Å². The van der Waals surface area contributed by atoms with Crippen LogP contribution in [0.1, 0.15) is 0 Å². The fraction of sp³-hybridized carbons (Fsp3) is 0. The van der Waals surface area contributed by atoms with Gasteiger partial charge < -0.3 is 5.32 Å². The van der Waals surface area contributed by atoms with Gasteiger partial charge in [0, 0.05) is 35.8 Å². The van der Waals surface area contributed by atoms with E-state index in [-0.39, 0.29) is 11.5 Å². The summed E-state index contributed by atoms with van der Waals surface area (Å²) < 4.78 is 15.1. The average Bonchev–Trinajstić information content (AvgIpc) is 3.01. The summed E-state index contributed by atoms with van der Waals surface area (Å²) in [5.41, 5.74) is 2.65. The first-order valence-corrected chi connectivity index (χ1v) is 7.71. The van der Waals surface area contributed by atoms with E-state index in [1.54, 1.807) is 42.9 Å². The lowest BCUT2D eigenvalue weighted by Crippen LogP contribution is -1.97. The molecule has 4 rings (SSSR count). The number of nitrogens with zero attached hydrogens (tertiary/aromatic N) is 4. The fourth-order valence-corrected chi connectivity index (χ4v) is 2.64. The van der Waals surface area contributed by atoms with Crippen LogP contribution in [0.5, 0.6) is 0 Å². The van der Waals surface area contributed by atoms with Gasteiger partial charge in [0.1, 0.15) is 17.3 Å². The van der Waals surface area contributed by atoms with Crippen molar-refractivity contribution in [2.24, 2.45) is 0 Å². The number of anilines is 2. The summed E-state index contributed by atoms with van der Waals surface area (Å²) in [5.74, 6) is 0.326. The SMILES string of the molecule is O=[N+]([O-])c1ccc(Nc2c(-c3ccc(F)cc3)nc3cnccn23)cc1. The molecule has 0 aliphatic carbocycles. The van der Waals surface area contributed by atoms with Crippen molar-refractivity contribution < 1.29 is 9.31 Å². The Labute approximate surface area is 146 Å². The van der Waals surface area contributed by atoms with E-state index in [1.165, 1.54) is 24.3 Å². The Balaban J connectivity index is 1.81. The lowest BCUT2D eigenvalue weighted by molar-refractivity contribution is -0.384. The maximum atomic E-state index is 13.3. The van der Waals surface area contributed by atoms with Crippen LogP contribution in [0.25, 0.3) is 16.9 Å². The van der Waals surface area contributed by atoms with Crippen molar-refractivity contribution in [3.63, 3.8) is 0 Å². The van der Waals surface area contributed by atoms with Gasteiger partial charge in [-0.05, 0) is 36.4 Å². The highest BCUT2D eigenvalue weighted by Crippen LogP contribution is 2.31. The molecule has 26 heavy (non-hydrogen) atoms. The first-order chi connectivity index (χ1) is 12.6. The van der Waals surface area contributed by atoms with Gasteiger partial charge in [-0.2, -0.15) is 0 Å². The molecule has 0 aliphatic rings. The van der Waals surface area contributed by atoms with E-state index in [0.29, 0.717) is 22.8 Å². The fourth-order valence-electron chi connectivity index (χ4n) is 2.64. The van der Waals surface area contributed by atoms with Crippen LogP contribution in [-0.4, -0.2) is 19.3 Å². The molecule has 0 fully saturated rings. The Bertz CT molecular complexity index is 1090. The molecule has 1 N–H and O–H groups in total. The smallest absolute Gasteiger partial charge is 0.269 e. The van der Waals surface area contributed by atoms with Crippen molar-refractivity contribution in [2.75, 3.05) is 5.32 Å². The van der Waals surface area contributed by atoms with Gasteiger partial charge in [0.15, 0.2) is 5.65 Å². The van der Waals surface area contributed by atoms with Crippen molar-refractivity contribution >= 4 is 22.8 Å². The van der Waals surface area contributed by atoms with Crippen molar-refractivity contribution in [3.8, 4) is 11.3 Å². The van der Waals surface area contributed by atoms with E-state index >= 15 is 0 Å². The zero-order valence-corrected chi connectivity index (χ0v) is 13.3. The zero-order valence-electron chi connectivity index (χ0n) is 13.3. The number of non-ortho nitro benzene ring substituents is 1. The Morgan fingerprint density at radius 2 is 1.81 bits per heavy atom. The third kappa shape index (κ3) is 2.84. The first-order valence-electron chi connectivity index (χ1n) is 7.71. The third-order valence-electron chi connectivity index (χ3n) is 3.89. The number of nitrogens with one attached hydrogen (secondary N) is 1. The van der Waals surface area contributed by atoms with Crippen LogP contribution in [0, 0.1) is 15.9 Å². The second-order valence-electron chi connectivity index (χ2n) is 5.55. The lowest BCUT2D eigenvalue weighted by atomic mass is 10.1. The quantitative estimate of drug-likeness (QED) is 0.441. The van der Waals surface area contributed by atoms with Gasteiger partial charge in [0.2, 0.25) is 0 Å². The molecule has 2 heterocycles. The van der Waals surface area contributed by atoms with Crippen LogP contribution >= 0.6 is 0 Å². The van der Waals surface area contributed by atoms with Gasteiger partial charge in [0.05, 0.1) is 11.1 Å². The van der Waals surface area contributed by atoms with Crippen LogP contribution in [0.2, 0.25) is 0 Å². The van der Waals surface area contributed by atoms with Crippen LogP contribution in [0.15, 0.2) is 67.1 Å². The molecule has 0 radical (unpaired) electrons. The number of halogens is 1. The molecule has 128 valence electrons. The summed E-state index contributed by atoms with van der Waals surface area (Å²) in [4.78, 5) is 19.0.